The predicted molar refractivity (Wildman–Crippen MR) is 90.4 cm³/mol. The minimum absolute atomic E-state index is 0.0597. The molecule has 0 saturated heterocycles. The molecule has 0 bridgehead atoms. The van der Waals surface area contributed by atoms with Crippen molar-refractivity contribution in [3.8, 4) is 0 Å². The Hall–Kier alpha value is 0.617. The van der Waals surface area contributed by atoms with Gasteiger partial charge in [-0.2, -0.15) is 0 Å². The van der Waals surface area contributed by atoms with Crippen LogP contribution in [0.15, 0.2) is 0 Å². The number of halogens is 2. The largest absolute Gasteiger partial charge is 0.409 e. The van der Waals surface area contributed by atoms with Gasteiger partial charge in [-0.3, -0.25) is 4.79 Å². The lowest BCUT2D eigenvalue weighted by Crippen LogP contribution is -2.77. The molecule has 5 heteroatoms. The molecule has 0 aromatic heterocycles. The third-order valence-electron chi connectivity index (χ3n) is 4.62. The lowest BCUT2D eigenvalue weighted by atomic mass is 9.52. The minimum atomic E-state index is -1.72. The summed E-state index contributed by atoms with van der Waals surface area (Å²) in [7, 11) is -1.72. The molecule has 0 amide bonds. The lowest BCUT2D eigenvalue weighted by Gasteiger charge is -2.63. The molecule has 2 rings (SSSR count). The summed E-state index contributed by atoms with van der Waals surface area (Å²) in [5, 5.41) is 0.972. The number of ketones is 1. The second kappa shape index (κ2) is 6.02. The number of carbonyl (C=O) groups is 1. The van der Waals surface area contributed by atoms with Gasteiger partial charge in [-0.15, -0.1) is 11.6 Å². The van der Waals surface area contributed by atoms with Gasteiger partial charge in [0.2, 0.25) is 0 Å². The van der Waals surface area contributed by atoms with E-state index in [0.29, 0.717) is 0 Å². The smallest absolute Gasteiger partial charge is 0.184 e. The third kappa shape index (κ3) is 2.78. The predicted octanol–water partition coefficient (Wildman–Crippen LogP) is 4.89. The first-order valence-electron chi connectivity index (χ1n) is 7.76. The first-order valence-corrected chi connectivity index (χ1v) is 12.7. The molecule has 3 atom stereocenters. The monoisotopic (exact) mass is 380 g/mol. The first-order chi connectivity index (χ1) is 9.27. The molecule has 2 fully saturated rings. The zero-order valence-corrected chi connectivity index (χ0v) is 16.1. The highest BCUT2D eigenvalue weighted by molar-refractivity contribution is 9.09. The number of rotatable bonds is 6. The fraction of sp³-hybridized carbons (Fsp3) is 0.933. The van der Waals surface area contributed by atoms with E-state index in [2.05, 4.69) is 35.6 Å². The molecule has 0 heterocycles. The second-order valence-electron chi connectivity index (χ2n) is 7.21. The third-order valence-corrected chi connectivity index (χ3v) is 6.86. The van der Waals surface area contributed by atoms with Crippen molar-refractivity contribution in [2.45, 2.75) is 75.1 Å². The number of hydrogen-bond acceptors (Lipinski definition) is 2. The van der Waals surface area contributed by atoms with Gasteiger partial charge in [0.1, 0.15) is 4.87 Å². The van der Waals surface area contributed by atoms with E-state index in [9.17, 15) is 4.79 Å². The van der Waals surface area contributed by atoms with Crippen LogP contribution in [0.2, 0.25) is 19.6 Å². The van der Waals surface area contributed by atoms with Crippen molar-refractivity contribution in [2.75, 3.05) is 5.33 Å². The van der Waals surface area contributed by atoms with Crippen LogP contribution in [0.25, 0.3) is 0 Å². The van der Waals surface area contributed by atoms with Gasteiger partial charge in [0.15, 0.2) is 14.1 Å². The fourth-order valence-corrected chi connectivity index (χ4v) is 6.42. The molecule has 2 nitrogen and oxygen atoms in total. The highest BCUT2D eigenvalue weighted by atomic mass is 79.9. The van der Waals surface area contributed by atoms with Crippen molar-refractivity contribution >= 4 is 41.6 Å². The van der Waals surface area contributed by atoms with Gasteiger partial charge in [0.25, 0.3) is 0 Å². The van der Waals surface area contributed by atoms with Crippen molar-refractivity contribution in [1.29, 1.82) is 0 Å². The van der Waals surface area contributed by atoms with E-state index < -0.39 is 13.2 Å². The van der Waals surface area contributed by atoms with Gasteiger partial charge in [-0.25, -0.2) is 0 Å². The maximum atomic E-state index is 12.6. The van der Waals surface area contributed by atoms with Crippen molar-refractivity contribution in [3.05, 3.63) is 0 Å². The van der Waals surface area contributed by atoms with Crippen LogP contribution in [0.3, 0.4) is 0 Å². The Balaban J connectivity index is 2.22. The standard InChI is InChI=1S/C15H26BrClO2Si/c1-20(2,3)19-15-10-5-4-8-12(15)13(18)14(15,17)9-6-7-11-16/h12H,4-11H2,1-3H3/t12-,14+,15+/m0/s1. The van der Waals surface area contributed by atoms with Crippen molar-refractivity contribution in [1.82, 2.24) is 0 Å². The number of carbonyl (C=O) groups excluding carboxylic acids is 1. The Morgan fingerprint density at radius 2 is 2.05 bits per heavy atom. The molecule has 0 aliphatic heterocycles. The number of Topliss-reactive ketones (excluding diaryl/α,β-unsaturated/α-hetero) is 1. The van der Waals surface area contributed by atoms with Crippen LogP contribution >= 0.6 is 27.5 Å². The highest BCUT2D eigenvalue weighted by Crippen LogP contribution is 2.60. The Morgan fingerprint density at radius 3 is 2.65 bits per heavy atom. The topological polar surface area (TPSA) is 26.3 Å². The van der Waals surface area contributed by atoms with E-state index in [-0.39, 0.29) is 17.3 Å². The molecular weight excluding hydrogens is 356 g/mol. The van der Waals surface area contributed by atoms with Gasteiger partial charge in [-0.1, -0.05) is 35.2 Å². The number of fused-ring (bicyclic) bond motifs is 1. The number of alkyl halides is 2. The van der Waals surface area contributed by atoms with Gasteiger partial charge in [0, 0.05) is 11.2 Å². The van der Waals surface area contributed by atoms with Gasteiger partial charge < -0.3 is 4.43 Å². The summed E-state index contributed by atoms with van der Waals surface area (Å²) in [6.45, 7) is 6.60. The van der Waals surface area contributed by atoms with E-state index in [4.69, 9.17) is 16.0 Å². The van der Waals surface area contributed by atoms with Crippen LogP contribution in [0.5, 0.6) is 0 Å². The quantitative estimate of drug-likeness (QED) is 0.372. The molecule has 116 valence electrons. The molecule has 20 heavy (non-hydrogen) atoms. The molecule has 2 aliphatic rings. The molecule has 0 spiro atoms. The average Bonchev–Trinajstić information content (AvgIpc) is 2.36. The van der Waals surface area contributed by atoms with E-state index >= 15 is 0 Å². The molecule has 0 unspecified atom stereocenters. The molecule has 0 aromatic rings. The molecule has 2 aliphatic carbocycles. The van der Waals surface area contributed by atoms with Crippen LogP contribution in [0.4, 0.5) is 0 Å². The fourth-order valence-electron chi connectivity index (χ4n) is 3.91. The van der Waals surface area contributed by atoms with E-state index in [1.54, 1.807) is 0 Å². The maximum Gasteiger partial charge on any atom is 0.184 e. The number of unbranched alkanes of at least 4 members (excludes halogenated alkanes) is 1. The van der Waals surface area contributed by atoms with Gasteiger partial charge >= 0.3 is 0 Å². The number of hydrogen-bond donors (Lipinski definition) is 0. The summed E-state index contributed by atoms with van der Waals surface area (Å²) < 4.78 is 6.56. The van der Waals surface area contributed by atoms with Crippen molar-refractivity contribution in [3.63, 3.8) is 0 Å². The van der Waals surface area contributed by atoms with E-state index in [0.717, 1.165) is 50.3 Å². The maximum absolute atomic E-state index is 12.6. The SMILES string of the molecule is C[Si](C)(C)O[C@]12CCCC[C@H]1C(=O)[C@]2(Cl)CCCCBr. The van der Waals surface area contributed by atoms with Gasteiger partial charge in [-0.05, 0) is 45.3 Å². The summed E-state index contributed by atoms with van der Waals surface area (Å²) in [5.74, 6) is 0.316. The second-order valence-corrected chi connectivity index (χ2v) is 13.1. The zero-order chi connectivity index (χ0) is 15.0. The summed E-state index contributed by atoms with van der Waals surface area (Å²) in [6.07, 6.45) is 7.03. The van der Waals surface area contributed by atoms with Crippen LogP contribution in [0, 0.1) is 5.92 Å². The molecule has 0 N–H and O–H groups in total. The molecule has 0 aromatic carbocycles. The Labute approximate surface area is 137 Å². The average molecular weight is 382 g/mol. The van der Waals surface area contributed by atoms with E-state index in [1.165, 1.54) is 0 Å². The highest BCUT2D eigenvalue weighted by Gasteiger charge is 2.72. The summed E-state index contributed by atoms with van der Waals surface area (Å²) in [4.78, 5) is 11.8. The normalized spacial score (nSPS) is 37.5. The zero-order valence-electron chi connectivity index (χ0n) is 12.8. The summed E-state index contributed by atoms with van der Waals surface area (Å²) in [5.41, 5.74) is -0.360. The summed E-state index contributed by atoms with van der Waals surface area (Å²) >= 11 is 10.3. The Morgan fingerprint density at radius 1 is 1.35 bits per heavy atom. The summed E-state index contributed by atoms with van der Waals surface area (Å²) in [6, 6.07) is 0. The minimum Gasteiger partial charge on any atom is -0.409 e. The van der Waals surface area contributed by atoms with Crippen LogP contribution in [-0.4, -0.2) is 29.9 Å². The lowest BCUT2D eigenvalue weighted by molar-refractivity contribution is -0.174. The van der Waals surface area contributed by atoms with Crippen molar-refractivity contribution in [2.24, 2.45) is 5.92 Å². The van der Waals surface area contributed by atoms with Crippen LogP contribution < -0.4 is 0 Å². The molecule has 0 radical (unpaired) electrons. The Bertz CT molecular complexity index is 385. The molecule has 2 saturated carbocycles. The van der Waals surface area contributed by atoms with E-state index in [1.807, 2.05) is 0 Å². The van der Waals surface area contributed by atoms with Crippen LogP contribution in [0.1, 0.15) is 44.9 Å². The van der Waals surface area contributed by atoms with Gasteiger partial charge in [0.05, 0.1) is 5.60 Å². The van der Waals surface area contributed by atoms with Crippen LogP contribution in [-0.2, 0) is 9.22 Å². The first kappa shape index (κ1) is 17.0. The Kier molecular flexibility index (Phi) is 5.11. The van der Waals surface area contributed by atoms with Crippen molar-refractivity contribution < 1.29 is 9.22 Å². The molecular formula is C15H26BrClO2Si.